The standard InChI is InChI=1S/C18H21NO2/c1-14-4-3-5-17(12-14)13-21-18-10-8-16(9-11-18)7-6-15(2)19-20/h3-5,8-12,20H,6-7,13H2,1-2H3/b19-15+. The molecular formula is C18H21NO2. The molecule has 0 fully saturated rings. The molecule has 2 aromatic carbocycles. The van der Waals surface area contributed by atoms with Gasteiger partial charge < -0.3 is 9.94 Å². The van der Waals surface area contributed by atoms with E-state index in [1.54, 1.807) is 0 Å². The zero-order chi connectivity index (χ0) is 15.1. The molecule has 0 unspecified atom stereocenters. The van der Waals surface area contributed by atoms with Crippen molar-refractivity contribution in [2.24, 2.45) is 5.16 Å². The molecule has 0 atom stereocenters. The van der Waals surface area contributed by atoms with Gasteiger partial charge in [0.1, 0.15) is 12.4 Å². The summed E-state index contributed by atoms with van der Waals surface area (Å²) < 4.78 is 5.79. The number of ether oxygens (including phenoxy) is 1. The minimum atomic E-state index is 0.581. The summed E-state index contributed by atoms with van der Waals surface area (Å²) in [6.07, 6.45) is 1.63. The van der Waals surface area contributed by atoms with E-state index >= 15 is 0 Å². The zero-order valence-corrected chi connectivity index (χ0v) is 12.5. The van der Waals surface area contributed by atoms with Gasteiger partial charge in [0.15, 0.2) is 0 Å². The van der Waals surface area contributed by atoms with Crippen LogP contribution in [-0.4, -0.2) is 10.9 Å². The number of nitrogens with zero attached hydrogens (tertiary/aromatic N) is 1. The van der Waals surface area contributed by atoms with E-state index in [9.17, 15) is 0 Å². The summed E-state index contributed by atoms with van der Waals surface area (Å²) in [6.45, 7) is 4.48. The Morgan fingerprint density at radius 1 is 1.10 bits per heavy atom. The fraction of sp³-hybridized carbons (Fsp3) is 0.278. The molecule has 0 saturated carbocycles. The molecule has 0 aliphatic rings. The predicted octanol–water partition coefficient (Wildman–Crippen LogP) is 4.36. The Bertz CT molecular complexity index is 603. The Kier molecular flexibility index (Phi) is 5.38. The van der Waals surface area contributed by atoms with Crippen LogP contribution in [0.1, 0.15) is 30.0 Å². The summed E-state index contributed by atoms with van der Waals surface area (Å²) >= 11 is 0. The zero-order valence-electron chi connectivity index (χ0n) is 12.5. The largest absolute Gasteiger partial charge is 0.489 e. The lowest BCUT2D eigenvalue weighted by Crippen LogP contribution is -1.97. The predicted molar refractivity (Wildman–Crippen MR) is 85.2 cm³/mol. The highest BCUT2D eigenvalue weighted by Gasteiger charge is 1.99. The van der Waals surface area contributed by atoms with Crippen LogP contribution in [0.5, 0.6) is 5.75 Å². The van der Waals surface area contributed by atoms with Gasteiger partial charge in [-0.3, -0.25) is 0 Å². The number of oxime groups is 1. The number of hydrogen-bond acceptors (Lipinski definition) is 3. The third-order valence-corrected chi connectivity index (χ3v) is 3.36. The van der Waals surface area contributed by atoms with Crippen LogP contribution in [0.2, 0.25) is 0 Å². The molecule has 0 aliphatic heterocycles. The molecule has 0 heterocycles. The Balaban J connectivity index is 1.87. The molecule has 0 amide bonds. The van der Waals surface area contributed by atoms with E-state index in [2.05, 4.69) is 42.4 Å². The molecule has 0 bridgehead atoms. The first-order chi connectivity index (χ1) is 10.2. The summed E-state index contributed by atoms with van der Waals surface area (Å²) in [4.78, 5) is 0. The lowest BCUT2D eigenvalue weighted by atomic mass is 10.1. The summed E-state index contributed by atoms with van der Waals surface area (Å²) in [5.41, 5.74) is 4.37. The molecule has 110 valence electrons. The Labute approximate surface area is 125 Å². The van der Waals surface area contributed by atoms with E-state index in [0.717, 1.165) is 24.3 Å². The van der Waals surface area contributed by atoms with Crippen LogP contribution in [0.15, 0.2) is 53.7 Å². The fourth-order valence-electron chi connectivity index (χ4n) is 2.10. The molecule has 0 saturated heterocycles. The van der Waals surface area contributed by atoms with Crippen molar-refractivity contribution in [2.45, 2.75) is 33.3 Å². The minimum Gasteiger partial charge on any atom is -0.489 e. The van der Waals surface area contributed by atoms with E-state index in [1.807, 2.05) is 25.1 Å². The first-order valence-electron chi connectivity index (χ1n) is 7.12. The van der Waals surface area contributed by atoms with Crippen LogP contribution in [0, 0.1) is 6.92 Å². The van der Waals surface area contributed by atoms with E-state index in [4.69, 9.17) is 9.94 Å². The van der Waals surface area contributed by atoms with Crippen molar-refractivity contribution in [3.63, 3.8) is 0 Å². The Hall–Kier alpha value is -2.29. The second kappa shape index (κ2) is 7.48. The van der Waals surface area contributed by atoms with Gasteiger partial charge in [-0.1, -0.05) is 47.1 Å². The van der Waals surface area contributed by atoms with E-state index in [-0.39, 0.29) is 0 Å². The van der Waals surface area contributed by atoms with Crippen LogP contribution in [0.4, 0.5) is 0 Å². The highest BCUT2D eigenvalue weighted by atomic mass is 16.5. The molecule has 21 heavy (non-hydrogen) atoms. The Morgan fingerprint density at radius 3 is 2.52 bits per heavy atom. The van der Waals surface area contributed by atoms with Gasteiger partial charge >= 0.3 is 0 Å². The van der Waals surface area contributed by atoms with Gasteiger partial charge in [0, 0.05) is 0 Å². The summed E-state index contributed by atoms with van der Waals surface area (Å²) in [7, 11) is 0. The van der Waals surface area contributed by atoms with Gasteiger partial charge in [0.05, 0.1) is 5.71 Å². The quantitative estimate of drug-likeness (QED) is 0.486. The van der Waals surface area contributed by atoms with E-state index < -0.39 is 0 Å². The maximum atomic E-state index is 8.62. The molecule has 2 aromatic rings. The lowest BCUT2D eigenvalue weighted by molar-refractivity contribution is 0.306. The molecule has 1 N–H and O–H groups in total. The molecule has 0 radical (unpaired) electrons. The molecule has 3 nitrogen and oxygen atoms in total. The highest BCUT2D eigenvalue weighted by Crippen LogP contribution is 2.16. The monoisotopic (exact) mass is 283 g/mol. The average Bonchev–Trinajstić information content (AvgIpc) is 2.51. The third kappa shape index (κ3) is 4.95. The SMILES string of the molecule is C/C(CCc1ccc(OCc2cccc(C)c2)cc1)=N\O. The maximum absolute atomic E-state index is 8.62. The highest BCUT2D eigenvalue weighted by molar-refractivity contribution is 5.81. The number of rotatable bonds is 6. The molecule has 0 aliphatic carbocycles. The topological polar surface area (TPSA) is 41.8 Å². The normalized spacial score (nSPS) is 11.4. The van der Waals surface area contributed by atoms with Gasteiger partial charge in [0.2, 0.25) is 0 Å². The first-order valence-corrected chi connectivity index (χ1v) is 7.12. The second-order valence-electron chi connectivity index (χ2n) is 5.26. The third-order valence-electron chi connectivity index (χ3n) is 3.36. The lowest BCUT2D eigenvalue weighted by Gasteiger charge is -2.08. The summed E-state index contributed by atoms with van der Waals surface area (Å²) in [6, 6.07) is 16.4. The Morgan fingerprint density at radius 2 is 1.86 bits per heavy atom. The van der Waals surface area contributed by atoms with Crippen LogP contribution in [0.3, 0.4) is 0 Å². The maximum Gasteiger partial charge on any atom is 0.119 e. The van der Waals surface area contributed by atoms with Gasteiger partial charge in [-0.05, 0) is 49.9 Å². The number of aryl methyl sites for hydroxylation is 2. The van der Waals surface area contributed by atoms with Crippen molar-refractivity contribution in [3.05, 3.63) is 65.2 Å². The van der Waals surface area contributed by atoms with Crippen molar-refractivity contribution in [1.82, 2.24) is 0 Å². The van der Waals surface area contributed by atoms with Gasteiger partial charge in [-0.2, -0.15) is 0 Å². The van der Waals surface area contributed by atoms with Gasteiger partial charge in [-0.15, -0.1) is 0 Å². The van der Waals surface area contributed by atoms with Crippen LogP contribution < -0.4 is 4.74 Å². The molecule has 0 spiro atoms. The summed E-state index contributed by atoms with van der Waals surface area (Å²) in [5.74, 6) is 0.868. The van der Waals surface area contributed by atoms with Crippen LogP contribution in [0.25, 0.3) is 0 Å². The second-order valence-corrected chi connectivity index (χ2v) is 5.26. The van der Waals surface area contributed by atoms with Crippen molar-refractivity contribution in [2.75, 3.05) is 0 Å². The first kappa shape index (κ1) is 15.1. The minimum absolute atomic E-state index is 0.581. The van der Waals surface area contributed by atoms with Crippen molar-refractivity contribution >= 4 is 5.71 Å². The fourth-order valence-corrected chi connectivity index (χ4v) is 2.10. The average molecular weight is 283 g/mol. The van der Waals surface area contributed by atoms with Gasteiger partial charge in [0.25, 0.3) is 0 Å². The van der Waals surface area contributed by atoms with E-state index in [0.29, 0.717) is 6.61 Å². The van der Waals surface area contributed by atoms with Crippen molar-refractivity contribution < 1.29 is 9.94 Å². The van der Waals surface area contributed by atoms with Crippen LogP contribution in [-0.2, 0) is 13.0 Å². The van der Waals surface area contributed by atoms with Crippen molar-refractivity contribution in [3.8, 4) is 5.75 Å². The molecule has 0 aromatic heterocycles. The van der Waals surface area contributed by atoms with Gasteiger partial charge in [-0.25, -0.2) is 0 Å². The molecule has 3 heteroatoms. The molecule has 2 rings (SSSR count). The van der Waals surface area contributed by atoms with E-state index in [1.165, 1.54) is 16.7 Å². The number of benzene rings is 2. The smallest absolute Gasteiger partial charge is 0.119 e. The van der Waals surface area contributed by atoms with Crippen molar-refractivity contribution in [1.29, 1.82) is 0 Å². The molecular weight excluding hydrogens is 262 g/mol. The van der Waals surface area contributed by atoms with Crippen LogP contribution >= 0.6 is 0 Å². The number of hydrogen-bond donors (Lipinski definition) is 1. The summed E-state index contributed by atoms with van der Waals surface area (Å²) in [5, 5.41) is 11.8.